The van der Waals surface area contributed by atoms with Gasteiger partial charge in [0.15, 0.2) is 0 Å². The third-order valence-electron chi connectivity index (χ3n) is 4.31. The number of aliphatic hydroxyl groups excluding tert-OH is 1. The third kappa shape index (κ3) is 7.00. The van der Waals surface area contributed by atoms with Gasteiger partial charge in [-0.3, -0.25) is 0 Å². The van der Waals surface area contributed by atoms with Crippen molar-refractivity contribution < 1.29 is 19.5 Å². The minimum Gasteiger partial charge on any atom is -0.385 e. The van der Waals surface area contributed by atoms with Crippen molar-refractivity contribution in [2.24, 2.45) is 0 Å². The largest absolute Gasteiger partial charge is 0.385 e. The van der Waals surface area contributed by atoms with Gasteiger partial charge in [0, 0.05) is 33.4 Å². The molecule has 0 aliphatic carbocycles. The smallest absolute Gasteiger partial charge is 0.126 e. The lowest BCUT2D eigenvalue weighted by Crippen LogP contribution is -3.12. The third-order valence-corrected chi connectivity index (χ3v) is 4.31. The number of aliphatic hydroxyl groups is 1. The zero-order chi connectivity index (χ0) is 17.9. The molecule has 0 saturated carbocycles. The highest BCUT2D eigenvalue weighted by Gasteiger charge is 2.17. The lowest BCUT2D eigenvalue weighted by molar-refractivity contribution is -0.917. The molecule has 1 unspecified atom stereocenters. The lowest BCUT2D eigenvalue weighted by atomic mass is 10.2. The van der Waals surface area contributed by atoms with Crippen molar-refractivity contribution in [2.45, 2.75) is 25.6 Å². The predicted molar refractivity (Wildman–Crippen MR) is 98.8 cm³/mol. The van der Waals surface area contributed by atoms with Gasteiger partial charge >= 0.3 is 0 Å². The molecule has 0 amide bonds. The first-order chi connectivity index (χ1) is 12.2. The average molecular weight is 347 g/mol. The summed E-state index contributed by atoms with van der Waals surface area (Å²) in [6, 6.07) is 14.7. The minimum absolute atomic E-state index is 0.374. The normalized spacial score (nSPS) is 13.7. The van der Waals surface area contributed by atoms with Gasteiger partial charge in [-0.2, -0.15) is 0 Å². The second-order valence-electron chi connectivity index (χ2n) is 6.45. The zero-order valence-electron chi connectivity index (χ0n) is 15.4. The SMILES string of the molecule is COCCC[NH+](Cc1cccn1Cc1ccccc1)C[C@H](O)COC. The molecule has 0 saturated heterocycles. The first-order valence-corrected chi connectivity index (χ1v) is 8.90. The Kier molecular flexibility index (Phi) is 8.69. The van der Waals surface area contributed by atoms with Crippen molar-refractivity contribution in [3.8, 4) is 0 Å². The zero-order valence-corrected chi connectivity index (χ0v) is 15.4. The van der Waals surface area contributed by atoms with E-state index in [0.717, 1.165) is 32.7 Å². The van der Waals surface area contributed by atoms with Crippen molar-refractivity contribution in [3.63, 3.8) is 0 Å². The van der Waals surface area contributed by atoms with Crippen LogP contribution in [0, 0.1) is 0 Å². The molecule has 0 radical (unpaired) electrons. The van der Waals surface area contributed by atoms with E-state index in [1.54, 1.807) is 14.2 Å². The Bertz CT molecular complexity index is 586. The van der Waals surface area contributed by atoms with E-state index in [0.29, 0.717) is 13.2 Å². The van der Waals surface area contributed by atoms with Crippen LogP contribution in [0.15, 0.2) is 48.7 Å². The Balaban J connectivity index is 2.00. The molecule has 5 nitrogen and oxygen atoms in total. The second-order valence-corrected chi connectivity index (χ2v) is 6.45. The molecule has 1 heterocycles. The van der Waals surface area contributed by atoms with E-state index in [9.17, 15) is 5.11 Å². The molecule has 2 rings (SSSR count). The summed E-state index contributed by atoms with van der Waals surface area (Å²) < 4.78 is 12.5. The standard InChI is InChI=1S/C20H30N2O3/c1-24-13-7-11-21(16-20(23)17-25-2)15-19-10-6-12-22(19)14-18-8-4-3-5-9-18/h3-6,8-10,12,20,23H,7,11,13-17H2,1-2H3/p+1/t20-/m0/s1. The molecule has 0 aliphatic heterocycles. The van der Waals surface area contributed by atoms with Gasteiger partial charge in [-0.25, -0.2) is 0 Å². The molecule has 138 valence electrons. The van der Waals surface area contributed by atoms with Gasteiger partial charge in [-0.1, -0.05) is 30.3 Å². The van der Waals surface area contributed by atoms with Crippen LogP contribution < -0.4 is 4.90 Å². The molecule has 1 aromatic carbocycles. The first-order valence-electron chi connectivity index (χ1n) is 8.90. The van der Waals surface area contributed by atoms with E-state index in [-0.39, 0.29) is 0 Å². The van der Waals surface area contributed by atoms with Crippen molar-refractivity contribution >= 4 is 0 Å². The Morgan fingerprint density at radius 2 is 1.88 bits per heavy atom. The number of nitrogens with zero attached hydrogens (tertiary/aromatic N) is 1. The summed E-state index contributed by atoms with van der Waals surface area (Å²) in [6.07, 6.45) is 2.66. The average Bonchev–Trinajstić information content (AvgIpc) is 3.03. The maximum atomic E-state index is 10.1. The molecule has 25 heavy (non-hydrogen) atoms. The summed E-state index contributed by atoms with van der Waals surface area (Å²) in [5.41, 5.74) is 2.57. The highest BCUT2D eigenvalue weighted by Crippen LogP contribution is 2.07. The van der Waals surface area contributed by atoms with E-state index in [1.807, 2.05) is 6.07 Å². The number of hydrogen-bond donors (Lipinski definition) is 2. The lowest BCUT2D eigenvalue weighted by Gasteiger charge is -2.23. The minimum atomic E-state index is -0.444. The predicted octanol–water partition coefficient (Wildman–Crippen LogP) is 0.965. The topological polar surface area (TPSA) is 48.1 Å². The molecule has 0 fully saturated rings. The van der Waals surface area contributed by atoms with E-state index in [4.69, 9.17) is 9.47 Å². The molecule has 1 aromatic heterocycles. The number of hydrogen-bond acceptors (Lipinski definition) is 3. The van der Waals surface area contributed by atoms with Gasteiger partial charge in [-0.05, 0) is 17.7 Å². The highest BCUT2D eigenvalue weighted by atomic mass is 16.5. The summed E-state index contributed by atoms with van der Waals surface area (Å²) in [7, 11) is 3.35. The summed E-state index contributed by atoms with van der Waals surface area (Å²) >= 11 is 0. The van der Waals surface area contributed by atoms with Crippen LogP contribution in [0.5, 0.6) is 0 Å². The van der Waals surface area contributed by atoms with E-state index >= 15 is 0 Å². The molecular weight excluding hydrogens is 316 g/mol. The maximum Gasteiger partial charge on any atom is 0.126 e. The number of benzene rings is 1. The van der Waals surface area contributed by atoms with Gasteiger partial charge in [0.1, 0.15) is 19.2 Å². The Morgan fingerprint density at radius 3 is 2.60 bits per heavy atom. The molecule has 0 bridgehead atoms. The highest BCUT2D eigenvalue weighted by molar-refractivity contribution is 5.17. The number of rotatable bonds is 12. The van der Waals surface area contributed by atoms with Gasteiger partial charge in [-0.15, -0.1) is 0 Å². The fourth-order valence-electron chi connectivity index (χ4n) is 3.11. The maximum absolute atomic E-state index is 10.1. The van der Waals surface area contributed by atoms with Crippen molar-refractivity contribution in [3.05, 3.63) is 59.9 Å². The van der Waals surface area contributed by atoms with Crippen LogP contribution in [0.25, 0.3) is 0 Å². The van der Waals surface area contributed by atoms with Crippen molar-refractivity contribution in [1.82, 2.24) is 4.57 Å². The number of ether oxygens (including phenoxy) is 2. The first kappa shape index (κ1) is 19.7. The quantitative estimate of drug-likeness (QED) is 0.563. The molecule has 0 spiro atoms. The monoisotopic (exact) mass is 347 g/mol. The van der Waals surface area contributed by atoms with Crippen molar-refractivity contribution in [2.75, 3.05) is 40.5 Å². The molecular formula is C20H31N2O3+. The van der Waals surface area contributed by atoms with Gasteiger partial charge < -0.3 is 24.0 Å². The number of quaternary nitrogens is 1. The van der Waals surface area contributed by atoms with E-state index in [1.165, 1.54) is 16.2 Å². The van der Waals surface area contributed by atoms with Crippen LogP contribution in [0.2, 0.25) is 0 Å². The van der Waals surface area contributed by atoms with E-state index in [2.05, 4.69) is 47.2 Å². The number of nitrogens with one attached hydrogen (secondary N) is 1. The summed E-state index contributed by atoms with van der Waals surface area (Å²) in [4.78, 5) is 1.34. The fourth-order valence-corrected chi connectivity index (χ4v) is 3.11. The van der Waals surface area contributed by atoms with Crippen LogP contribution in [-0.2, 0) is 22.6 Å². The number of aromatic nitrogens is 1. The van der Waals surface area contributed by atoms with Crippen LogP contribution in [-0.4, -0.2) is 56.3 Å². The molecule has 2 N–H and O–H groups in total. The van der Waals surface area contributed by atoms with Gasteiger partial charge in [0.25, 0.3) is 0 Å². The van der Waals surface area contributed by atoms with Crippen LogP contribution in [0.4, 0.5) is 0 Å². The van der Waals surface area contributed by atoms with Gasteiger partial charge in [0.05, 0.1) is 25.5 Å². The Morgan fingerprint density at radius 1 is 1.08 bits per heavy atom. The van der Waals surface area contributed by atoms with E-state index < -0.39 is 6.10 Å². The molecule has 2 aromatic rings. The second kappa shape index (κ2) is 11.1. The molecule has 0 aliphatic rings. The summed E-state index contributed by atoms with van der Waals surface area (Å²) in [5, 5.41) is 10.1. The van der Waals surface area contributed by atoms with Crippen LogP contribution >= 0.6 is 0 Å². The van der Waals surface area contributed by atoms with Crippen LogP contribution in [0.1, 0.15) is 17.7 Å². The Hall–Kier alpha value is -1.66. The molecule has 5 heteroatoms. The van der Waals surface area contributed by atoms with Crippen LogP contribution in [0.3, 0.4) is 0 Å². The van der Waals surface area contributed by atoms with Gasteiger partial charge in [0.2, 0.25) is 0 Å². The van der Waals surface area contributed by atoms with Crippen molar-refractivity contribution in [1.29, 1.82) is 0 Å². The summed E-state index contributed by atoms with van der Waals surface area (Å²) in [6.45, 7) is 4.51. The summed E-state index contributed by atoms with van der Waals surface area (Å²) in [5.74, 6) is 0. The molecule has 2 atom stereocenters. The fraction of sp³-hybridized carbons (Fsp3) is 0.500. The Labute approximate surface area is 150 Å². The number of methoxy groups -OCH3 is 2.